The Balaban J connectivity index is 1.31. The highest BCUT2D eigenvalue weighted by Crippen LogP contribution is 2.38. The van der Waals surface area contributed by atoms with Crippen molar-refractivity contribution in [2.45, 2.75) is 160 Å². The minimum atomic E-state index is -1.57. The monoisotopic (exact) mass is 1010 g/mol. The minimum Gasteiger partial charge on any atom is -0.457 e. The number of esters is 4. The Kier molecular flexibility index (Phi) is 20.4. The fourth-order valence-corrected chi connectivity index (χ4v) is 9.06. The van der Waals surface area contributed by atoms with E-state index >= 15 is 0 Å². The van der Waals surface area contributed by atoms with Gasteiger partial charge in [0, 0.05) is 34.8 Å². The smallest absolute Gasteiger partial charge is 0.303 e. The molecule has 7 rings (SSSR count). The largest absolute Gasteiger partial charge is 0.457 e. The lowest BCUT2D eigenvalue weighted by molar-refractivity contribution is -0.392. The third-order valence-electron chi connectivity index (χ3n) is 12.3. The van der Waals surface area contributed by atoms with Crippen molar-refractivity contribution in [3.05, 3.63) is 144 Å². The predicted octanol–water partition coefficient (Wildman–Crippen LogP) is 6.32. The second kappa shape index (κ2) is 27.1. The van der Waals surface area contributed by atoms with Crippen molar-refractivity contribution >= 4 is 23.9 Å². The molecule has 4 aromatic carbocycles. The van der Waals surface area contributed by atoms with Crippen LogP contribution >= 0.6 is 0 Å². The van der Waals surface area contributed by atoms with Gasteiger partial charge < -0.3 is 66.3 Å². The molecule has 0 bridgehead atoms. The molecule has 0 aliphatic carbocycles. The number of hydrogen-bond acceptors (Lipinski definition) is 18. The van der Waals surface area contributed by atoms with Crippen molar-refractivity contribution < 1.29 is 85.5 Å². The van der Waals surface area contributed by atoms with Gasteiger partial charge in [-0.3, -0.25) is 19.2 Å². The molecule has 15 unspecified atom stereocenters. The van der Waals surface area contributed by atoms with E-state index < -0.39 is 116 Å². The maximum Gasteiger partial charge on any atom is 0.303 e. The first kappa shape index (κ1) is 55.1. The topological polar surface area (TPSA) is 197 Å². The SMILES string of the molecule is COC1OC(C)C(OC(C)=O)C(OC2OC(C)C(OC(C)=O)C(OC(C)=O)C2OC(C)=O)C1OC1OC(COCc2ccccc2)C(OCc2ccccc2)C(OCc2ccccc2)C1OCc1ccccc1. The Morgan fingerprint density at radius 2 is 0.767 bits per heavy atom. The highest BCUT2D eigenvalue weighted by molar-refractivity contribution is 5.68. The van der Waals surface area contributed by atoms with E-state index in [1.54, 1.807) is 13.8 Å². The molecular formula is C55H66O18. The number of methoxy groups -OCH3 is 1. The van der Waals surface area contributed by atoms with Crippen molar-refractivity contribution in [2.24, 2.45) is 0 Å². The van der Waals surface area contributed by atoms with E-state index in [2.05, 4.69) is 0 Å². The molecule has 394 valence electrons. The molecule has 18 heteroatoms. The van der Waals surface area contributed by atoms with Crippen molar-refractivity contribution in [3.8, 4) is 0 Å². The first-order chi connectivity index (χ1) is 35.3. The molecule has 4 aromatic rings. The van der Waals surface area contributed by atoms with E-state index in [-0.39, 0.29) is 33.0 Å². The highest BCUT2D eigenvalue weighted by atomic mass is 16.8. The molecule has 0 N–H and O–H groups in total. The Bertz CT molecular complexity index is 2320. The number of hydrogen-bond donors (Lipinski definition) is 0. The van der Waals surface area contributed by atoms with Crippen molar-refractivity contribution in [3.63, 3.8) is 0 Å². The van der Waals surface area contributed by atoms with Gasteiger partial charge in [0.15, 0.2) is 43.3 Å². The standard InChI is InChI=1S/C55H66O18/c1-33-45(68-36(4)57)49(72-55-52(70-38(6)59)48(69-37(5)58)44(34(2)66-55)67-35(3)56)51(53(60-7)65-33)73-54-50(64-31-42-26-18-11-19-27-42)47(63-30-41-24-16-10-17-25-41)46(62-29-40-22-14-9-15-23-40)43(71-54)32-61-28-39-20-12-8-13-21-39/h8-27,33-34,43-55H,28-32H2,1-7H3. The molecule has 3 heterocycles. The summed E-state index contributed by atoms with van der Waals surface area (Å²) in [6.07, 6.45) is -17.9. The number of ether oxygens (including phenoxy) is 14. The molecule has 3 aliphatic heterocycles. The van der Waals surface area contributed by atoms with Gasteiger partial charge in [0.1, 0.15) is 36.6 Å². The van der Waals surface area contributed by atoms with Gasteiger partial charge in [0.25, 0.3) is 0 Å². The summed E-state index contributed by atoms with van der Waals surface area (Å²) >= 11 is 0. The quantitative estimate of drug-likeness (QED) is 0.0626. The number of benzene rings is 4. The maximum atomic E-state index is 13.0. The molecule has 3 saturated heterocycles. The third-order valence-corrected chi connectivity index (χ3v) is 12.3. The van der Waals surface area contributed by atoms with Crippen LogP contribution in [0, 0.1) is 0 Å². The van der Waals surface area contributed by atoms with Crippen LogP contribution < -0.4 is 0 Å². The lowest BCUT2D eigenvalue weighted by atomic mass is 9.95. The van der Waals surface area contributed by atoms with Crippen molar-refractivity contribution in [1.29, 1.82) is 0 Å². The molecular weight excluding hydrogens is 949 g/mol. The van der Waals surface area contributed by atoms with E-state index in [1.807, 2.05) is 121 Å². The van der Waals surface area contributed by atoms with Crippen molar-refractivity contribution in [1.82, 2.24) is 0 Å². The first-order valence-electron chi connectivity index (χ1n) is 24.3. The van der Waals surface area contributed by atoms with Crippen LogP contribution in [0.25, 0.3) is 0 Å². The van der Waals surface area contributed by atoms with E-state index in [0.717, 1.165) is 36.1 Å². The second-order valence-corrected chi connectivity index (χ2v) is 18.0. The zero-order valence-corrected chi connectivity index (χ0v) is 42.1. The van der Waals surface area contributed by atoms with Crippen LogP contribution in [-0.2, 0) is 112 Å². The van der Waals surface area contributed by atoms with E-state index in [4.69, 9.17) is 66.3 Å². The van der Waals surface area contributed by atoms with Gasteiger partial charge in [0.2, 0.25) is 0 Å². The minimum absolute atomic E-state index is 0.00558. The van der Waals surface area contributed by atoms with Crippen LogP contribution in [0.1, 0.15) is 63.8 Å². The summed E-state index contributed by atoms with van der Waals surface area (Å²) in [6.45, 7) is 8.60. The molecule has 18 nitrogen and oxygen atoms in total. The average molecular weight is 1020 g/mol. The van der Waals surface area contributed by atoms with Crippen LogP contribution in [-0.4, -0.2) is 130 Å². The molecule has 3 aliphatic rings. The Morgan fingerprint density at radius 3 is 1.23 bits per heavy atom. The van der Waals surface area contributed by atoms with Gasteiger partial charge in [-0.05, 0) is 36.1 Å². The van der Waals surface area contributed by atoms with Crippen LogP contribution in [0.2, 0.25) is 0 Å². The molecule has 0 spiro atoms. The van der Waals surface area contributed by atoms with Crippen LogP contribution in [0.3, 0.4) is 0 Å². The van der Waals surface area contributed by atoms with Crippen molar-refractivity contribution in [2.75, 3.05) is 13.7 Å². The summed E-state index contributed by atoms with van der Waals surface area (Å²) < 4.78 is 89.7. The second-order valence-electron chi connectivity index (χ2n) is 18.0. The summed E-state index contributed by atoms with van der Waals surface area (Å²) in [4.78, 5) is 50.8. The number of carbonyl (C=O) groups is 4. The van der Waals surface area contributed by atoms with Crippen LogP contribution in [0.15, 0.2) is 121 Å². The molecule has 0 saturated carbocycles. The molecule has 3 fully saturated rings. The van der Waals surface area contributed by atoms with Gasteiger partial charge >= 0.3 is 23.9 Å². The van der Waals surface area contributed by atoms with Crippen LogP contribution in [0.4, 0.5) is 0 Å². The van der Waals surface area contributed by atoms with E-state index in [1.165, 1.54) is 21.0 Å². The Morgan fingerprint density at radius 1 is 0.397 bits per heavy atom. The molecule has 0 aromatic heterocycles. The van der Waals surface area contributed by atoms with Gasteiger partial charge in [-0.1, -0.05) is 121 Å². The van der Waals surface area contributed by atoms with Crippen LogP contribution in [0.5, 0.6) is 0 Å². The number of carbonyl (C=O) groups excluding carboxylic acids is 4. The molecule has 15 atom stereocenters. The highest BCUT2D eigenvalue weighted by Gasteiger charge is 2.58. The zero-order valence-electron chi connectivity index (χ0n) is 42.1. The molecule has 73 heavy (non-hydrogen) atoms. The lowest BCUT2D eigenvalue weighted by Gasteiger charge is -2.51. The summed E-state index contributed by atoms with van der Waals surface area (Å²) in [6, 6.07) is 38.6. The molecule has 0 radical (unpaired) electrons. The van der Waals surface area contributed by atoms with Gasteiger partial charge in [-0.2, -0.15) is 0 Å². The summed E-state index contributed by atoms with van der Waals surface area (Å²) in [5.41, 5.74) is 3.56. The fourth-order valence-electron chi connectivity index (χ4n) is 9.06. The number of rotatable bonds is 22. The third kappa shape index (κ3) is 15.5. The first-order valence-corrected chi connectivity index (χ1v) is 24.3. The van der Waals surface area contributed by atoms with E-state index in [0.29, 0.717) is 0 Å². The Labute approximate surface area is 425 Å². The van der Waals surface area contributed by atoms with E-state index in [9.17, 15) is 19.2 Å². The zero-order chi connectivity index (χ0) is 51.9. The average Bonchev–Trinajstić information content (AvgIpc) is 3.37. The Hall–Kier alpha value is -5.64. The normalized spacial score (nSPS) is 30.2. The van der Waals surface area contributed by atoms with Gasteiger partial charge in [-0.15, -0.1) is 0 Å². The predicted molar refractivity (Wildman–Crippen MR) is 257 cm³/mol. The van der Waals surface area contributed by atoms with Gasteiger partial charge in [0.05, 0.1) is 45.2 Å². The molecule has 0 amide bonds. The lowest BCUT2D eigenvalue weighted by Crippen LogP contribution is -2.67. The maximum absolute atomic E-state index is 13.0. The van der Waals surface area contributed by atoms with Gasteiger partial charge in [-0.25, -0.2) is 0 Å². The summed E-state index contributed by atoms with van der Waals surface area (Å²) in [5.74, 6) is -2.96. The summed E-state index contributed by atoms with van der Waals surface area (Å²) in [5, 5.41) is 0. The fraction of sp³-hybridized carbons (Fsp3) is 0.491. The summed E-state index contributed by atoms with van der Waals surface area (Å²) in [7, 11) is 1.41.